The van der Waals surface area contributed by atoms with Crippen LogP contribution in [0.2, 0.25) is 0 Å². The first-order valence-corrected chi connectivity index (χ1v) is 7.78. The summed E-state index contributed by atoms with van der Waals surface area (Å²) in [6.45, 7) is 2.02. The number of nitrogens with one attached hydrogen (secondary N) is 1. The molecule has 92 valence electrons. The number of benzene rings is 1. The Morgan fingerprint density at radius 3 is 2.94 bits per heavy atom. The molecule has 0 aliphatic rings. The fourth-order valence-electron chi connectivity index (χ4n) is 1.80. The predicted octanol–water partition coefficient (Wildman–Crippen LogP) is 4.53. The van der Waals surface area contributed by atoms with E-state index in [4.69, 9.17) is 4.98 Å². The van der Waals surface area contributed by atoms with E-state index in [0.717, 1.165) is 31.3 Å². The van der Waals surface area contributed by atoms with Gasteiger partial charge in [0.1, 0.15) is 10.0 Å². The van der Waals surface area contributed by atoms with Crippen molar-refractivity contribution in [3.63, 3.8) is 0 Å². The van der Waals surface area contributed by atoms with Crippen LogP contribution in [0.3, 0.4) is 0 Å². The summed E-state index contributed by atoms with van der Waals surface area (Å²) in [6.07, 6.45) is 0. The summed E-state index contributed by atoms with van der Waals surface area (Å²) in [5.74, 6) is 0. The van der Waals surface area contributed by atoms with Crippen LogP contribution in [-0.2, 0) is 0 Å². The van der Waals surface area contributed by atoms with Gasteiger partial charge in [-0.05, 0) is 36.7 Å². The Balaban J connectivity index is 2.22. The van der Waals surface area contributed by atoms with E-state index < -0.39 is 0 Å². The van der Waals surface area contributed by atoms with Gasteiger partial charge in [0.15, 0.2) is 0 Å². The van der Waals surface area contributed by atoms with Crippen LogP contribution in [0.15, 0.2) is 22.7 Å². The molecule has 0 unspecified atom stereocenters. The molecule has 0 spiro atoms. The second-order valence-electron chi connectivity index (χ2n) is 3.85. The zero-order chi connectivity index (χ0) is 12.7. The predicted molar refractivity (Wildman–Crippen MR) is 82.7 cm³/mol. The summed E-state index contributed by atoms with van der Waals surface area (Å²) in [6, 6.07) is 6.15. The molecule has 1 N–H and O–H groups in total. The van der Waals surface area contributed by atoms with Crippen LogP contribution in [0.4, 0.5) is 5.00 Å². The number of aryl methyl sites for hydroxylation is 1. The molecule has 0 saturated carbocycles. The van der Waals surface area contributed by atoms with Crippen LogP contribution >= 0.6 is 38.8 Å². The summed E-state index contributed by atoms with van der Waals surface area (Å²) in [5.41, 5.74) is 3.19. The Labute approximate surface area is 121 Å². The van der Waals surface area contributed by atoms with E-state index in [1.165, 1.54) is 16.2 Å². The highest BCUT2D eigenvalue weighted by Gasteiger charge is 2.16. The fourth-order valence-corrected chi connectivity index (χ4v) is 4.23. The molecule has 3 nitrogen and oxygen atoms in total. The third-order valence-corrected chi connectivity index (χ3v) is 5.14. The first kappa shape index (κ1) is 12.1. The zero-order valence-electron chi connectivity index (χ0n) is 9.82. The minimum Gasteiger partial charge on any atom is -0.378 e. The molecule has 0 aliphatic carbocycles. The zero-order valence-corrected chi connectivity index (χ0v) is 13.0. The van der Waals surface area contributed by atoms with Crippen molar-refractivity contribution in [2.24, 2.45) is 0 Å². The summed E-state index contributed by atoms with van der Waals surface area (Å²) in [4.78, 5) is 4.69. The van der Waals surface area contributed by atoms with Crippen molar-refractivity contribution < 1.29 is 0 Å². The number of nitrogens with zero attached hydrogens (tertiary/aromatic N) is 2. The first-order valence-electron chi connectivity index (χ1n) is 5.39. The molecule has 2 heterocycles. The van der Waals surface area contributed by atoms with E-state index >= 15 is 0 Å². The number of hydrogen-bond donors (Lipinski definition) is 1. The van der Waals surface area contributed by atoms with E-state index in [2.05, 4.69) is 31.7 Å². The molecule has 0 atom stereocenters. The third kappa shape index (κ3) is 1.94. The van der Waals surface area contributed by atoms with Crippen LogP contribution < -0.4 is 5.32 Å². The van der Waals surface area contributed by atoms with Gasteiger partial charge in [0.05, 0.1) is 21.5 Å². The van der Waals surface area contributed by atoms with Gasteiger partial charge in [-0.15, -0.1) is 11.3 Å². The molecule has 0 radical (unpaired) electrons. The SMILES string of the molecule is CNc1snc(C)c1-c1nc2ccc(Br)cc2s1. The molecule has 0 fully saturated rings. The van der Waals surface area contributed by atoms with Gasteiger partial charge in [-0.3, -0.25) is 0 Å². The highest BCUT2D eigenvalue weighted by atomic mass is 79.9. The van der Waals surface area contributed by atoms with Crippen molar-refractivity contribution in [1.82, 2.24) is 9.36 Å². The Morgan fingerprint density at radius 1 is 1.33 bits per heavy atom. The number of fused-ring (bicyclic) bond motifs is 1. The Morgan fingerprint density at radius 2 is 2.17 bits per heavy atom. The van der Waals surface area contributed by atoms with E-state index in [0.29, 0.717) is 0 Å². The van der Waals surface area contributed by atoms with Gasteiger partial charge in [-0.2, -0.15) is 4.37 Å². The Kier molecular flexibility index (Phi) is 3.09. The molecule has 18 heavy (non-hydrogen) atoms. The Hall–Kier alpha value is -0.980. The van der Waals surface area contributed by atoms with Gasteiger partial charge in [0.2, 0.25) is 0 Å². The third-order valence-electron chi connectivity index (χ3n) is 2.65. The molecule has 6 heteroatoms. The second kappa shape index (κ2) is 4.60. The number of halogens is 1. The summed E-state index contributed by atoms with van der Waals surface area (Å²) < 4.78 is 6.66. The highest BCUT2D eigenvalue weighted by molar-refractivity contribution is 9.10. The average molecular weight is 340 g/mol. The van der Waals surface area contributed by atoms with Crippen molar-refractivity contribution in [2.75, 3.05) is 12.4 Å². The monoisotopic (exact) mass is 339 g/mol. The largest absolute Gasteiger partial charge is 0.378 e. The van der Waals surface area contributed by atoms with E-state index in [-0.39, 0.29) is 0 Å². The van der Waals surface area contributed by atoms with Crippen molar-refractivity contribution in [1.29, 1.82) is 0 Å². The molecule has 0 aliphatic heterocycles. The van der Waals surface area contributed by atoms with Crippen LogP contribution in [0.25, 0.3) is 20.8 Å². The number of aromatic nitrogens is 2. The molecule has 0 saturated heterocycles. The Bertz CT molecular complexity index is 717. The maximum atomic E-state index is 4.69. The van der Waals surface area contributed by atoms with Gasteiger partial charge >= 0.3 is 0 Å². The lowest BCUT2D eigenvalue weighted by Crippen LogP contribution is -1.87. The maximum Gasteiger partial charge on any atom is 0.129 e. The quantitative estimate of drug-likeness (QED) is 0.745. The molecular formula is C12H10BrN3S2. The highest BCUT2D eigenvalue weighted by Crippen LogP contribution is 2.39. The van der Waals surface area contributed by atoms with Crippen LogP contribution in [0.5, 0.6) is 0 Å². The summed E-state index contributed by atoms with van der Waals surface area (Å²) >= 11 is 6.67. The lowest BCUT2D eigenvalue weighted by Gasteiger charge is -1.98. The van der Waals surface area contributed by atoms with Gasteiger partial charge in [0, 0.05) is 11.5 Å². The van der Waals surface area contributed by atoms with Gasteiger partial charge < -0.3 is 5.32 Å². The van der Waals surface area contributed by atoms with E-state index in [1.807, 2.05) is 26.1 Å². The number of anilines is 1. The standard InChI is InChI=1S/C12H10BrN3S2/c1-6-10(11(14-2)18-16-6)12-15-8-4-3-7(13)5-9(8)17-12/h3-5,14H,1-2H3. The van der Waals surface area contributed by atoms with Crippen molar-refractivity contribution in [2.45, 2.75) is 6.92 Å². The number of rotatable bonds is 2. The summed E-state index contributed by atoms with van der Waals surface area (Å²) in [7, 11) is 1.92. The molecule has 1 aromatic carbocycles. The van der Waals surface area contributed by atoms with Crippen molar-refractivity contribution in [3.8, 4) is 10.6 Å². The van der Waals surface area contributed by atoms with Gasteiger partial charge in [-0.25, -0.2) is 4.98 Å². The molecular weight excluding hydrogens is 330 g/mol. The molecule has 3 aromatic rings. The topological polar surface area (TPSA) is 37.8 Å². The van der Waals surface area contributed by atoms with Gasteiger partial charge in [0.25, 0.3) is 0 Å². The van der Waals surface area contributed by atoms with Crippen LogP contribution in [0.1, 0.15) is 5.69 Å². The minimum atomic E-state index is 1.03. The molecule has 0 bridgehead atoms. The normalized spacial score (nSPS) is 11.1. The van der Waals surface area contributed by atoms with E-state index in [9.17, 15) is 0 Å². The lowest BCUT2D eigenvalue weighted by molar-refractivity contribution is 1.33. The van der Waals surface area contributed by atoms with Crippen LogP contribution in [0, 0.1) is 6.92 Å². The number of thiazole rings is 1. The van der Waals surface area contributed by atoms with Crippen molar-refractivity contribution in [3.05, 3.63) is 28.4 Å². The molecule has 0 amide bonds. The lowest BCUT2D eigenvalue weighted by atomic mass is 10.2. The maximum absolute atomic E-state index is 4.69. The molecule has 3 rings (SSSR count). The first-order chi connectivity index (χ1) is 8.69. The summed E-state index contributed by atoms with van der Waals surface area (Å²) in [5, 5.41) is 5.29. The van der Waals surface area contributed by atoms with Gasteiger partial charge in [-0.1, -0.05) is 15.9 Å². The second-order valence-corrected chi connectivity index (χ2v) is 6.57. The van der Waals surface area contributed by atoms with Crippen LogP contribution in [-0.4, -0.2) is 16.4 Å². The van der Waals surface area contributed by atoms with Crippen molar-refractivity contribution >= 4 is 54.0 Å². The average Bonchev–Trinajstić information content (AvgIpc) is 2.91. The minimum absolute atomic E-state index is 1.03. The molecule has 2 aromatic heterocycles. The van der Waals surface area contributed by atoms with E-state index in [1.54, 1.807) is 11.3 Å². The smallest absolute Gasteiger partial charge is 0.129 e. The number of hydrogen-bond acceptors (Lipinski definition) is 5. The fraction of sp³-hybridized carbons (Fsp3) is 0.167.